The average Bonchev–Trinajstić information content (AvgIpc) is 2.83. The zero-order chi connectivity index (χ0) is 24.2. The largest absolute Gasteiger partial charge is 0.354 e. The highest BCUT2D eigenvalue weighted by molar-refractivity contribution is 5.92. The topological polar surface area (TPSA) is 127 Å². The second kappa shape index (κ2) is 9.79. The number of nitro groups is 1. The van der Waals surface area contributed by atoms with Gasteiger partial charge in [0.1, 0.15) is 11.5 Å². The zero-order valence-electron chi connectivity index (χ0n) is 19.0. The molecule has 1 N–H and O–H groups in total. The summed E-state index contributed by atoms with van der Waals surface area (Å²) in [4.78, 5) is 45.3. The molecule has 176 valence electrons. The summed E-state index contributed by atoms with van der Waals surface area (Å²) in [6.07, 6.45) is 1.71. The second-order valence-electron chi connectivity index (χ2n) is 8.12. The molecule has 1 fully saturated rings. The Bertz CT molecular complexity index is 1280. The van der Waals surface area contributed by atoms with Crippen LogP contribution < -0.4 is 15.6 Å². The van der Waals surface area contributed by atoms with Gasteiger partial charge in [0.15, 0.2) is 5.69 Å². The lowest BCUT2D eigenvalue weighted by molar-refractivity contribution is -0.384. The number of hydrogen-bond acceptors (Lipinski definition) is 8. The molecule has 11 nitrogen and oxygen atoms in total. The van der Waals surface area contributed by atoms with Crippen molar-refractivity contribution in [2.24, 2.45) is 0 Å². The van der Waals surface area contributed by atoms with Crippen molar-refractivity contribution in [1.82, 2.24) is 25.0 Å². The first-order chi connectivity index (χ1) is 16.3. The summed E-state index contributed by atoms with van der Waals surface area (Å²) in [5.41, 5.74) is 0.292. The van der Waals surface area contributed by atoms with E-state index in [0.717, 1.165) is 37.6 Å². The highest BCUT2D eigenvalue weighted by Gasteiger charge is 2.21. The molecule has 0 bridgehead atoms. The van der Waals surface area contributed by atoms with E-state index in [-0.39, 0.29) is 23.6 Å². The van der Waals surface area contributed by atoms with Gasteiger partial charge in [-0.1, -0.05) is 18.2 Å². The van der Waals surface area contributed by atoms with Crippen molar-refractivity contribution in [3.63, 3.8) is 0 Å². The van der Waals surface area contributed by atoms with E-state index in [2.05, 4.69) is 32.2 Å². The Labute approximate surface area is 195 Å². The average molecular weight is 463 g/mol. The maximum absolute atomic E-state index is 12.9. The van der Waals surface area contributed by atoms with Gasteiger partial charge in [0.05, 0.1) is 4.92 Å². The van der Waals surface area contributed by atoms with Crippen LogP contribution in [0.15, 0.2) is 53.5 Å². The van der Waals surface area contributed by atoms with E-state index in [1.807, 2.05) is 6.07 Å². The van der Waals surface area contributed by atoms with E-state index in [4.69, 9.17) is 0 Å². The normalized spacial score (nSPS) is 14.1. The van der Waals surface area contributed by atoms with Crippen LogP contribution in [0.1, 0.15) is 21.7 Å². The number of anilines is 1. The fourth-order valence-corrected chi connectivity index (χ4v) is 3.88. The molecule has 4 rings (SSSR count). The van der Waals surface area contributed by atoms with Crippen molar-refractivity contribution in [2.45, 2.75) is 13.5 Å². The summed E-state index contributed by atoms with van der Waals surface area (Å²) in [7, 11) is 2.07. The van der Waals surface area contributed by atoms with Crippen LogP contribution in [0.25, 0.3) is 5.69 Å². The van der Waals surface area contributed by atoms with Crippen LogP contribution in [0, 0.1) is 17.0 Å². The third-order valence-electron chi connectivity index (χ3n) is 5.74. The molecule has 3 heterocycles. The lowest BCUT2D eigenvalue weighted by Gasteiger charge is -2.34. The number of aromatic nitrogens is 3. The lowest BCUT2D eigenvalue weighted by atomic mass is 10.2. The number of pyridine rings is 1. The van der Waals surface area contributed by atoms with E-state index in [0.29, 0.717) is 5.69 Å². The Hall–Kier alpha value is -4.12. The molecule has 0 radical (unpaired) electrons. The van der Waals surface area contributed by atoms with E-state index >= 15 is 0 Å². The van der Waals surface area contributed by atoms with Crippen LogP contribution in [0.4, 0.5) is 11.5 Å². The van der Waals surface area contributed by atoms with E-state index < -0.39 is 16.3 Å². The summed E-state index contributed by atoms with van der Waals surface area (Å²) >= 11 is 0. The maximum atomic E-state index is 12.9. The molecule has 3 aromatic rings. The number of nitrogens with zero attached hydrogens (tertiary/aromatic N) is 6. The van der Waals surface area contributed by atoms with Crippen LogP contribution >= 0.6 is 0 Å². The molecule has 1 aliphatic rings. The molecule has 0 unspecified atom stereocenters. The van der Waals surface area contributed by atoms with Gasteiger partial charge in [0.25, 0.3) is 11.6 Å². The van der Waals surface area contributed by atoms with Gasteiger partial charge in [-0.2, -0.15) is 5.10 Å². The number of nitrogens with one attached hydrogen (secondary N) is 1. The summed E-state index contributed by atoms with van der Waals surface area (Å²) in [6, 6.07) is 11.0. The molecule has 1 amide bonds. The number of hydrogen-bond donors (Lipinski definition) is 1. The molecule has 0 atom stereocenters. The molecule has 1 saturated heterocycles. The molecule has 11 heteroatoms. The Kier molecular flexibility index (Phi) is 6.64. The molecular formula is C23H25N7O4. The molecule has 2 aromatic heterocycles. The first-order valence-electron chi connectivity index (χ1n) is 10.9. The molecule has 0 spiro atoms. The van der Waals surface area contributed by atoms with Gasteiger partial charge in [-0.15, -0.1) is 0 Å². The second-order valence-corrected chi connectivity index (χ2v) is 8.12. The van der Waals surface area contributed by atoms with Gasteiger partial charge < -0.3 is 15.1 Å². The number of para-hydroxylation sites is 2. The SMILES string of the molecule is Cc1cc(=O)c(C(=O)NCc2cccnc2N2CCN(C)CC2)nn1-c1ccccc1[N+](=O)[O-]. The predicted molar refractivity (Wildman–Crippen MR) is 126 cm³/mol. The van der Waals surface area contributed by atoms with E-state index in [9.17, 15) is 19.7 Å². The van der Waals surface area contributed by atoms with Crippen molar-refractivity contribution in [3.8, 4) is 5.69 Å². The maximum Gasteiger partial charge on any atom is 0.294 e. The van der Waals surface area contributed by atoms with Crippen LogP contribution in [0.5, 0.6) is 0 Å². The number of carbonyl (C=O) groups is 1. The fourth-order valence-electron chi connectivity index (χ4n) is 3.88. The van der Waals surface area contributed by atoms with Gasteiger partial charge >= 0.3 is 0 Å². The first-order valence-corrected chi connectivity index (χ1v) is 10.9. The number of aryl methyl sites for hydroxylation is 1. The smallest absolute Gasteiger partial charge is 0.294 e. The minimum absolute atomic E-state index is 0.162. The Morgan fingerprint density at radius 2 is 1.88 bits per heavy atom. The number of likely N-dealkylation sites (N-methyl/N-ethyl adjacent to an activating group) is 1. The van der Waals surface area contributed by atoms with Crippen LogP contribution in [0.3, 0.4) is 0 Å². The van der Waals surface area contributed by atoms with Crippen molar-refractivity contribution < 1.29 is 9.72 Å². The number of benzene rings is 1. The third kappa shape index (κ3) is 4.79. The van der Waals surface area contributed by atoms with Crippen molar-refractivity contribution >= 4 is 17.4 Å². The number of nitro benzene ring substituents is 1. The molecule has 34 heavy (non-hydrogen) atoms. The number of carbonyl (C=O) groups excluding carboxylic acids is 1. The lowest BCUT2D eigenvalue weighted by Crippen LogP contribution is -2.45. The van der Waals surface area contributed by atoms with Crippen LogP contribution in [0.2, 0.25) is 0 Å². The third-order valence-corrected chi connectivity index (χ3v) is 5.74. The van der Waals surface area contributed by atoms with Gasteiger partial charge in [-0.3, -0.25) is 19.7 Å². The van der Waals surface area contributed by atoms with Gasteiger partial charge in [-0.05, 0) is 26.1 Å². The number of amides is 1. The molecular weight excluding hydrogens is 438 g/mol. The molecule has 0 aliphatic carbocycles. The summed E-state index contributed by atoms with van der Waals surface area (Å²) in [5.74, 6) is 0.135. The van der Waals surface area contributed by atoms with Crippen molar-refractivity contribution in [3.05, 3.63) is 86.0 Å². The Morgan fingerprint density at radius 1 is 1.15 bits per heavy atom. The summed E-state index contributed by atoms with van der Waals surface area (Å²) in [6.45, 7) is 5.25. The minimum atomic E-state index is -0.662. The highest BCUT2D eigenvalue weighted by Crippen LogP contribution is 2.22. The molecule has 1 aromatic carbocycles. The predicted octanol–water partition coefficient (Wildman–Crippen LogP) is 1.53. The summed E-state index contributed by atoms with van der Waals surface area (Å²) in [5, 5.41) is 18.4. The number of rotatable bonds is 6. The van der Waals surface area contributed by atoms with Crippen LogP contribution in [-0.2, 0) is 6.54 Å². The zero-order valence-corrected chi connectivity index (χ0v) is 19.0. The fraction of sp³-hybridized carbons (Fsp3) is 0.304. The standard InChI is InChI=1S/C23H25N7O4/c1-16-14-20(31)21(26-29(16)18-7-3-4-8-19(18)30(33)34)23(32)25-15-17-6-5-9-24-22(17)28-12-10-27(2)11-13-28/h3-9,14H,10-13,15H2,1-2H3,(H,25,32). The van der Waals surface area contributed by atoms with E-state index in [1.54, 1.807) is 31.3 Å². The van der Waals surface area contributed by atoms with Crippen molar-refractivity contribution in [2.75, 3.05) is 38.1 Å². The van der Waals surface area contributed by atoms with E-state index in [1.165, 1.54) is 22.9 Å². The first kappa shape index (κ1) is 23.1. The molecule has 0 saturated carbocycles. The summed E-state index contributed by atoms with van der Waals surface area (Å²) < 4.78 is 1.24. The quantitative estimate of drug-likeness (QED) is 0.431. The van der Waals surface area contributed by atoms with Crippen LogP contribution in [-0.4, -0.2) is 63.7 Å². The Morgan fingerprint density at radius 3 is 2.62 bits per heavy atom. The molecule has 1 aliphatic heterocycles. The monoisotopic (exact) mass is 463 g/mol. The van der Waals surface area contributed by atoms with Gasteiger partial charge in [0.2, 0.25) is 5.43 Å². The Balaban J connectivity index is 1.58. The number of piperazine rings is 1. The highest BCUT2D eigenvalue weighted by atomic mass is 16.6. The van der Waals surface area contributed by atoms with Gasteiger partial charge in [0, 0.05) is 62.3 Å². The minimum Gasteiger partial charge on any atom is -0.354 e. The van der Waals surface area contributed by atoms with Crippen molar-refractivity contribution in [1.29, 1.82) is 0 Å². The van der Waals surface area contributed by atoms with Gasteiger partial charge in [-0.25, -0.2) is 9.67 Å².